The SMILES string of the molecule is CNc1ncc(Cl)c(-c2cnn3ccccc23)n1. The quantitative estimate of drug-likeness (QED) is 0.768. The lowest BCUT2D eigenvalue weighted by Crippen LogP contribution is -1.97. The molecule has 3 aromatic rings. The Morgan fingerprint density at radius 2 is 2.17 bits per heavy atom. The molecule has 18 heavy (non-hydrogen) atoms. The molecule has 0 fully saturated rings. The Bertz CT molecular complexity index is 707. The van der Waals surface area contributed by atoms with Crippen LogP contribution in [0.4, 0.5) is 5.95 Å². The number of aromatic nitrogens is 4. The van der Waals surface area contributed by atoms with Gasteiger partial charge in [0.2, 0.25) is 5.95 Å². The van der Waals surface area contributed by atoms with Crippen molar-refractivity contribution in [3.63, 3.8) is 0 Å². The number of anilines is 1. The van der Waals surface area contributed by atoms with Crippen LogP contribution in [0.25, 0.3) is 16.8 Å². The first kappa shape index (κ1) is 11.0. The van der Waals surface area contributed by atoms with Gasteiger partial charge in [-0.05, 0) is 12.1 Å². The molecule has 3 aromatic heterocycles. The molecule has 90 valence electrons. The highest BCUT2D eigenvalue weighted by atomic mass is 35.5. The van der Waals surface area contributed by atoms with Crippen LogP contribution in [0.15, 0.2) is 36.8 Å². The van der Waals surface area contributed by atoms with Crippen molar-refractivity contribution in [3.05, 3.63) is 41.8 Å². The third-order valence-corrected chi connectivity index (χ3v) is 2.93. The van der Waals surface area contributed by atoms with E-state index in [1.807, 2.05) is 24.4 Å². The summed E-state index contributed by atoms with van der Waals surface area (Å²) in [6, 6.07) is 5.85. The first-order valence-corrected chi connectivity index (χ1v) is 5.80. The van der Waals surface area contributed by atoms with E-state index in [0.717, 1.165) is 11.1 Å². The fourth-order valence-corrected chi connectivity index (χ4v) is 1.99. The van der Waals surface area contributed by atoms with Gasteiger partial charge in [0.25, 0.3) is 0 Å². The third-order valence-electron chi connectivity index (χ3n) is 2.65. The normalized spacial score (nSPS) is 10.8. The Kier molecular flexibility index (Phi) is 2.60. The standard InChI is InChI=1S/C12H10ClN5/c1-14-12-15-7-9(13)11(17-12)8-6-16-18-5-3-2-4-10(8)18/h2-7H,1H3,(H,14,15,17). The average molecular weight is 260 g/mol. The maximum Gasteiger partial charge on any atom is 0.223 e. The van der Waals surface area contributed by atoms with Gasteiger partial charge in [-0.25, -0.2) is 14.5 Å². The lowest BCUT2D eigenvalue weighted by Gasteiger charge is -2.04. The van der Waals surface area contributed by atoms with E-state index in [4.69, 9.17) is 11.6 Å². The zero-order valence-electron chi connectivity index (χ0n) is 9.63. The van der Waals surface area contributed by atoms with Crippen LogP contribution in [0.3, 0.4) is 0 Å². The van der Waals surface area contributed by atoms with E-state index >= 15 is 0 Å². The Balaban J connectivity index is 2.25. The molecule has 0 aliphatic carbocycles. The van der Waals surface area contributed by atoms with Gasteiger partial charge in [0.05, 0.1) is 28.6 Å². The largest absolute Gasteiger partial charge is 0.357 e. The smallest absolute Gasteiger partial charge is 0.223 e. The monoisotopic (exact) mass is 259 g/mol. The summed E-state index contributed by atoms with van der Waals surface area (Å²) in [4.78, 5) is 8.44. The molecule has 0 radical (unpaired) electrons. The number of hydrogen-bond donors (Lipinski definition) is 1. The number of pyridine rings is 1. The first-order chi connectivity index (χ1) is 8.79. The molecule has 0 aliphatic heterocycles. The van der Waals surface area contributed by atoms with Crippen molar-refractivity contribution in [2.24, 2.45) is 0 Å². The van der Waals surface area contributed by atoms with E-state index in [-0.39, 0.29) is 0 Å². The van der Waals surface area contributed by atoms with Gasteiger partial charge in [-0.15, -0.1) is 0 Å². The van der Waals surface area contributed by atoms with Gasteiger partial charge in [0.1, 0.15) is 0 Å². The zero-order chi connectivity index (χ0) is 12.5. The predicted molar refractivity (Wildman–Crippen MR) is 70.8 cm³/mol. The number of nitrogens with zero attached hydrogens (tertiary/aromatic N) is 4. The van der Waals surface area contributed by atoms with Crippen molar-refractivity contribution >= 4 is 23.1 Å². The van der Waals surface area contributed by atoms with Crippen molar-refractivity contribution in [1.29, 1.82) is 0 Å². The molecule has 6 heteroatoms. The highest BCUT2D eigenvalue weighted by Crippen LogP contribution is 2.29. The van der Waals surface area contributed by atoms with Gasteiger partial charge in [-0.1, -0.05) is 17.7 Å². The summed E-state index contributed by atoms with van der Waals surface area (Å²) in [7, 11) is 1.77. The van der Waals surface area contributed by atoms with Crippen LogP contribution in [0.2, 0.25) is 5.02 Å². The molecule has 3 heterocycles. The summed E-state index contributed by atoms with van der Waals surface area (Å²) in [6.45, 7) is 0. The van der Waals surface area contributed by atoms with E-state index in [9.17, 15) is 0 Å². The number of fused-ring (bicyclic) bond motifs is 1. The summed E-state index contributed by atoms with van der Waals surface area (Å²) < 4.78 is 1.78. The molecule has 0 aromatic carbocycles. The maximum atomic E-state index is 6.16. The zero-order valence-corrected chi connectivity index (χ0v) is 10.4. The number of halogens is 1. The molecule has 0 saturated heterocycles. The molecule has 0 unspecified atom stereocenters. The van der Waals surface area contributed by atoms with Crippen molar-refractivity contribution in [3.8, 4) is 11.3 Å². The van der Waals surface area contributed by atoms with Gasteiger partial charge in [-0.2, -0.15) is 5.10 Å². The fourth-order valence-electron chi connectivity index (χ4n) is 1.79. The van der Waals surface area contributed by atoms with Crippen LogP contribution in [-0.4, -0.2) is 26.6 Å². The van der Waals surface area contributed by atoms with E-state index < -0.39 is 0 Å². The van der Waals surface area contributed by atoms with Gasteiger partial charge in [0.15, 0.2) is 0 Å². The molecule has 0 bridgehead atoms. The first-order valence-electron chi connectivity index (χ1n) is 5.42. The minimum Gasteiger partial charge on any atom is -0.357 e. The Hall–Kier alpha value is -2.14. The second-order valence-electron chi connectivity index (χ2n) is 3.73. The summed E-state index contributed by atoms with van der Waals surface area (Å²) in [5.74, 6) is 0.532. The van der Waals surface area contributed by atoms with E-state index in [0.29, 0.717) is 16.7 Å². The van der Waals surface area contributed by atoms with Crippen LogP contribution < -0.4 is 5.32 Å². The van der Waals surface area contributed by atoms with Gasteiger partial charge in [0, 0.05) is 18.8 Å². The lowest BCUT2D eigenvalue weighted by molar-refractivity contribution is 0.961. The van der Waals surface area contributed by atoms with Crippen LogP contribution in [0.5, 0.6) is 0 Å². The van der Waals surface area contributed by atoms with Crippen molar-refractivity contribution in [2.75, 3.05) is 12.4 Å². The van der Waals surface area contributed by atoms with Crippen molar-refractivity contribution in [2.45, 2.75) is 0 Å². The molecular weight excluding hydrogens is 250 g/mol. The Labute approximate surface area is 108 Å². The topological polar surface area (TPSA) is 55.1 Å². The number of nitrogens with one attached hydrogen (secondary N) is 1. The molecular formula is C12H10ClN5. The van der Waals surface area contributed by atoms with Crippen molar-refractivity contribution in [1.82, 2.24) is 19.6 Å². The van der Waals surface area contributed by atoms with E-state index in [1.165, 1.54) is 0 Å². The lowest BCUT2D eigenvalue weighted by atomic mass is 10.2. The molecule has 0 amide bonds. The molecule has 0 atom stereocenters. The van der Waals surface area contributed by atoms with Crippen LogP contribution in [0, 0.1) is 0 Å². The molecule has 5 nitrogen and oxygen atoms in total. The third kappa shape index (κ3) is 1.69. The Morgan fingerprint density at radius 3 is 3.00 bits per heavy atom. The van der Waals surface area contributed by atoms with Gasteiger partial charge >= 0.3 is 0 Å². The van der Waals surface area contributed by atoms with E-state index in [1.54, 1.807) is 24.0 Å². The number of rotatable bonds is 2. The molecule has 0 spiro atoms. The number of hydrogen-bond acceptors (Lipinski definition) is 4. The Morgan fingerprint density at radius 1 is 1.28 bits per heavy atom. The molecule has 0 aliphatic rings. The summed E-state index contributed by atoms with van der Waals surface area (Å²) in [5.41, 5.74) is 2.52. The second kappa shape index (κ2) is 4.27. The fraction of sp³-hybridized carbons (Fsp3) is 0.0833. The molecule has 0 saturated carbocycles. The second-order valence-corrected chi connectivity index (χ2v) is 4.14. The van der Waals surface area contributed by atoms with Crippen LogP contribution >= 0.6 is 11.6 Å². The average Bonchev–Trinajstić information content (AvgIpc) is 2.83. The minimum absolute atomic E-state index is 0.507. The molecule has 3 rings (SSSR count). The summed E-state index contributed by atoms with van der Waals surface area (Å²) in [5, 5.41) is 7.67. The predicted octanol–water partition coefficient (Wildman–Crippen LogP) is 2.49. The van der Waals surface area contributed by atoms with Crippen LogP contribution in [-0.2, 0) is 0 Å². The highest BCUT2D eigenvalue weighted by molar-refractivity contribution is 6.33. The summed E-state index contributed by atoms with van der Waals surface area (Å²) in [6.07, 6.45) is 5.22. The maximum absolute atomic E-state index is 6.16. The van der Waals surface area contributed by atoms with Gasteiger partial charge < -0.3 is 5.32 Å². The van der Waals surface area contributed by atoms with E-state index in [2.05, 4.69) is 20.4 Å². The highest BCUT2D eigenvalue weighted by Gasteiger charge is 2.12. The summed E-state index contributed by atoms with van der Waals surface area (Å²) >= 11 is 6.16. The van der Waals surface area contributed by atoms with Crippen molar-refractivity contribution < 1.29 is 0 Å². The van der Waals surface area contributed by atoms with Crippen LogP contribution in [0.1, 0.15) is 0 Å². The minimum atomic E-state index is 0.507. The molecule has 1 N–H and O–H groups in total. The van der Waals surface area contributed by atoms with Gasteiger partial charge in [-0.3, -0.25) is 0 Å².